The Morgan fingerprint density at radius 1 is 0.745 bits per heavy atom. The second-order valence-corrected chi connectivity index (χ2v) is 27.0. The maximum atomic E-state index is 14.8. The van der Waals surface area contributed by atoms with Crippen LogP contribution in [0, 0.1) is 35.0 Å². The molecule has 24 heteroatoms. The minimum absolute atomic E-state index is 0.000405. The van der Waals surface area contributed by atoms with Crippen molar-refractivity contribution in [2.45, 2.75) is 227 Å². The lowest BCUT2D eigenvalue weighted by Crippen LogP contribution is -2.60. The van der Waals surface area contributed by atoms with Crippen LogP contribution < -0.4 is 21.5 Å². The number of unbranched alkanes of at least 4 members (excludes halogenated alkanes) is 1. The third kappa shape index (κ3) is 24.2. The van der Waals surface area contributed by atoms with E-state index >= 15 is 0 Å². The first-order valence-electron chi connectivity index (χ1n) is 34.9. The zero-order valence-corrected chi connectivity index (χ0v) is 59.6. The summed E-state index contributed by atoms with van der Waals surface area (Å²) in [6.45, 7) is 24.5. The Morgan fingerprint density at radius 3 is 1.97 bits per heavy atom. The molecule has 94 heavy (non-hydrogen) atoms. The standard InChI is InChI=1S/C70H119N9O15/c1-16-20-29-52-30-24-36-79(94-52)68(87)54(44-51-27-22-21-23-28-51)71-65(84)50(10)64(90-15)55-31-25-35-77(55)60(83)46-56(89-14)63(49(9)17-2)76(13)69(88)61(47(5)6)72-66(85)62(48(7)8)75(12)34-26-32-57(80)73-74-58(81)33-38-91-40-42-93-43-41-92-39-37-78-59(82)45-53(67(78)86)70(11,18-3)19-4/h21-23,27-28,47-50,52-56,61-64H,16-20,24-26,29-46H2,1-15H3,(H,71,84)(H,72,85)(H,73,80)(H,74,81)/t49-,50+,52?,53?,54-,55-,56+,61-,62-,63-,64+/m0/s1. The van der Waals surface area contributed by atoms with Gasteiger partial charge in [-0.3, -0.25) is 68.6 Å². The summed E-state index contributed by atoms with van der Waals surface area (Å²) < 4.78 is 28.9. The zero-order chi connectivity index (χ0) is 69.7. The average Bonchev–Trinajstić information content (AvgIpc) is 1.59. The Hall–Kier alpha value is -5.63. The van der Waals surface area contributed by atoms with E-state index in [1.165, 1.54) is 24.2 Å². The smallest absolute Gasteiger partial charge is 0.269 e. The zero-order valence-electron chi connectivity index (χ0n) is 59.6. The van der Waals surface area contributed by atoms with Gasteiger partial charge in [-0.15, -0.1) is 0 Å². The SMILES string of the molecule is CCCCC1CCCN(C(=O)[C@H](Cc2ccccc2)NC(=O)[C@H](C)[C@@H](OC)[C@@H]2CCCN2C(=O)C[C@@H](OC)[C@H]([C@@H](C)CC)N(C)C(=O)[C@@H](NC(=O)[C@H](C(C)C)N(C)CCCC(=O)NNC(=O)CCOCCOCCOCCN2C(=O)CC(C(C)(CC)CC)C2=O)C(C)C)O1. The van der Waals surface area contributed by atoms with E-state index in [1.54, 1.807) is 30.8 Å². The number of hydrazine groups is 1. The van der Waals surface area contributed by atoms with Crippen LogP contribution in [0.3, 0.4) is 0 Å². The predicted octanol–water partition coefficient (Wildman–Crippen LogP) is 6.41. The highest BCUT2D eigenvalue weighted by atomic mass is 16.7. The number of hydrogen-bond donors (Lipinski definition) is 4. The van der Waals surface area contributed by atoms with Crippen molar-refractivity contribution in [2.75, 3.05) is 94.1 Å². The fourth-order valence-electron chi connectivity index (χ4n) is 13.3. The quantitative estimate of drug-likeness (QED) is 0.0312. The molecule has 1 aromatic rings. The summed E-state index contributed by atoms with van der Waals surface area (Å²) in [5.74, 6) is -4.37. The molecule has 534 valence electrons. The summed E-state index contributed by atoms with van der Waals surface area (Å²) in [7, 11) is 6.56. The lowest BCUT2D eigenvalue weighted by Gasteiger charge is -2.41. The number of likely N-dealkylation sites (N-methyl/N-ethyl adjacent to an activating group) is 2. The van der Waals surface area contributed by atoms with Crippen LogP contribution in [0.25, 0.3) is 0 Å². The minimum Gasteiger partial charge on any atom is -0.379 e. The number of ether oxygens (including phenoxy) is 5. The van der Waals surface area contributed by atoms with Crippen molar-refractivity contribution >= 4 is 53.2 Å². The number of carbonyl (C=O) groups is 9. The molecule has 3 saturated heterocycles. The van der Waals surface area contributed by atoms with Crippen LogP contribution in [-0.4, -0.2) is 220 Å². The largest absolute Gasteiger partial charge is 0.379 e. The molecule has 1 aromatic carbocycles. The Bertz CT molecular complexity index is 2520. The number of hydrogen-bond acceptors (Lipinski definition) is 16. The van der Waals surface area contributed by atoms with Gasteiger partial charge in [-0.05, 0) is 93.7 Å². The lowest BCUT2D eigenvalue weighted by atomic mass is 9.72. The molecule has 4 N–H and O–H groups in total. The number of rotatable bonds is 43. The van der Waals surface area contributed by atoms with Crippen LogP contribution in [0.2, 0.25) is 0 Å². The van der Waals surface area contributed by atoms with Gasteiger partial charge in [0.15, 0.2) is 0 Å². The number of methoxy groups -OCH3 is 2. The van der Waals surface area contributed by atoms with Gasteiger partial charge < -0.3 is 44.1 Å². The molecule has 0 spiro atoms. The second kappa shape index (κ2) is 41.5. The van der Waals surface area contributed by atoms with E-state index in [2.05, 4.69) is 35.3 Å². The van der Waals surface area contributed by atoms with E-state index in [1.807, 2.05) is 90.6 Å². The highest BCUT2D eigenvalue weighted by Crippen LogP contribution is 2.41. The van der Waals surface area contributed by atoms with Crippen molar-refractivity contribution in [3.05, 3.63) is 35.9 Å². The Balaban J connectivity index is 1.25. The van der Waals surface area contributed by atoms with Gasteiger partial charge in [0.25, 0.3) is 5.91 Å². The highest BCUT2D eigenvalue weighted by Gasteiger charge is 2.48. The lowest BCUT2D eigenvalue weighted by molar-refractivity contribution is -0.225. The minimum atomic E-state index is -0.932. The van der Waals surface area contributed by atoms with Gasteiger partial charge in [0.05, 0.1) is 107 Å². The molecule has 3 heterocycles. The first-order chi connectivity index (χ1) is 44.8. The molecule has 3 aliphatic heterocycles. The number of benzene rings is 1. The van der Waals surface area contributed by atoms with Crippen molar-refractivity contribution in [3.63, 3.8) is 0 Å². The van der Waals surface area contributed by atoms with Gasteiger partial charge in [0, 0.05) is 53.6 Å². The monoisotopic (exact) mass is 1330 g/mol. The molecule has 9 amide bonds. The summed E-state index contributed by atoms with van der Waals surface area (Å²) in [6, 6.07) is 6.04. The molecule has 24 nitrogen and oxygen atoms in total. The average molecular weight is 1330 g/mol. The van der Waals surface area contributed by atoms with Crippen molar-refractivity contribution < 1.29 is 71.7 Å². The van der Waals surface area contributed by atoms with Gasteiger partial charge >= 0.3 is 0 Å². The van der Waals surface area contributed by atoms with Gasteiger partial charge in [-0.25, -0.2) is 5.06 Å². The molecular formula is C70H119N9O15. The third-order valence-electron chi connectivity index (χ3n) is 19.7. The number of amides is 9. The first-order valence-corrected chi connectivity index (χ1v) is 34.9. The molecule has 3 fully saturated rings. The molecular weight excluding hydrogens is 1210 g/mol. The maximum Gasteiger partial charge on any atom is 0.269 e. The van der Waals surface area contributed by atoms with Crippen molar-refractivity contribution in [3.8, 4) is 0 Å². The van der Waals surface area contributed by atoms with Crippen molar-refractivity contribution in [1.82, 2.24) is 46.1 Å². The Kier molecular flexibility index (Phi) is 35.6. The normalized spacial score (nSPS) is 19.6. The fourth-order valence-corrected chi connectivity index (χ4v) is 13.3. The molecule has 2 unspecified atom stereocenters. The summed E-state index contributed by atoms with van der Waals surface area (Å²) >= 11 is 0. The van der Waals surface area contributed by atoms with Crippen LogP contribution in [0.15, 0.2) is 30.3 Å². The number of imide groups is 1. The molecule has 3 aliphatic rings. The molecule has 0 aromatic heterocycles. The maximum absolute atomic E-state index is 14.8. The van der Waals surface area contributed by atoms with Gasteiger partial charge in [0.2, 0.25) is 47.3 Å². The van der Waals surface area contributed by atoms with Gasteiger partial charge in [0.1, 0.15) is 12.1 Å². The molecule has 0 saturated carbocycles. The van der Waals surface area contributed by atoms with E-state index in [0.29, 0.717) is 45.3 Å². The van der Waals surface area contributed by atoms with Crippen LogP contribution in [0.1, 0.15) is 178 Å². The van der Waals surface area contributed by atoms with Gasteiger partial charge in [-0.2, -0.15) is 0 Å². The fraction of sp³-hybridized carbons (Fsp3) is 0.786. The number of likely N-dealkylation sites (tertiary alicyclic amines) is 2. The van der Waals surface area contributed by atoms with Crippen molar-refractivity contribution in [2.24, 2.45) is 35.0 Å². The topological polar surface area (TPSA) is 273 Å². The van der Waals surface area contributed by atoms with E-state index in [9.17, 15) is 43.2 Å². The second-order valence-electron chi connectivity index (χ2n) is 27.0. The molecule has 0 radical (unpaired) electrons. The Labute approximate surface area is 561 Å². The summed E-state index contributed by atoms with van der Waals surface area (Å²) in [4.78, 5) is 136. The third-order valence-corrected chi connectivity index (χ3v) is 19.7. The summed E-state index contributed by atoms with van der Waals surface area (Å²) in [5, 5.41) is 7.57. The highest BCUT2D eigenvalue weighted by molar-refractivity contribution is 6.04. The van der Waals surface area contributed by atoms with E-state index in [4.69, 9.17) is 28.5 Å². The van der Waals surface area contributed by atoms with Crippen LogP contribution in [0.4, 0.5) is 0 Å². The van der Waals surface area contributed by atoms with E-state index < -0.39 is 60.1 Å². The van der Waals surface area contributed by atoms with E-state index in [-0.39, 0.29) is 155 Å². The predicted molar refractivity (Wildman–Crippen MR) is 358 cm³/mol. The Morgan fingerprint density at radius 2 is 1.37 bits per heavy atom. The van der Waals surface area contributed by atoms with Crippen LogP contribution in [-0.2, 0) is 78.1 Å². The van der Waals surface area contributed by atoms with Gasteiger partial charge in [-0.1, -0.05) is 126 Å². The molecule has 4 rings (SSSR count). The number of hydroxylamine groups is 2. The number of nitrogens with one attached hydrogen (secondary N) is 4. The number of carbonyl (C=O) groups excluding carboxylic acids is 9. The molecule has 11 atom stereocenters. The summed E-state index contributed by atoms with van der Waals surface area (Å²) in [6.07, 6.45) is 7.50. The van der Waals surface area contributed by atoms with Crippen molar-refractivity contribution in [1.29, 1.82) is 0 Å². The molecule has 0 aliphatic carbocycles. The molecule has 0 bridgehead atoms. The van der Waals surface area contributed by atoms with E-state index in [0.717, 1.165) is 50.5 Å². The first kappa shape index (κ1) is 80.8. The summed E-state index contributed by atoms with van der Waals surface area (Å²) in [5.41, 5.74) is 5.54. The number of nitrogens with zero attached hydrogens (tertiary/aromatic N) is 5. The van der Waals surface area contributed by atoms with Crippen LogP contribution in [0.5, 0.6) is 0 Å². The van der Waals surface area contributed by atoms with Crippen LogP contribution >= 0.6 is 0 Å².